The number of H-pyrrole nitrogens is 1. The molecular formula is C27H41N9O9. The average molecular weight is 636 g/mol. The summed E-state index contributed by atoms with van der Waals surface area (Å²) in [5.41, 5.74) is 0. The van der Waals surface area contributed by atoms with Crippen LogP contribution in [-0.4, -0.2) is 113 Å². The summed E-state index contributed by atoms with van der Waals surface area (Å²) < 4.78 is 0. The molecular weight excluding hydrogens is 594 g/mol. The number of nitrogens with zero attached hydrogens (tertiary/aromatic N) is 5. The fourth-order valence-corrected chi connectivity index (χ4v) is 5.43. The Kier molecular flexibility index (Phi) is 12.7. The predicted octanol–water partition coefficient (Wildman–Crippen LogP) is -0.473. The average Bonchev–Trinajstić information content (AvgIpc) is 3.67. The molecule has 45 heavy (non-hydrogen) atoms. The highest BCUT2D eigenvalue weighted by atomic mass is 16.4. The topological polar surface area (TPSA) is 257 Å². The first-order chi connectivity index (χ1) is 21.4. The molecule has 0 radical (unpaired) electrons. The third kappa shape index (κ3) is 9.67. The van der Waals surface area contributed by atoms with Gasteiger partial charge in [-0.05, 0) is 25.2 Å². The molecule has 2 fully saturated rings. The zero-order valence-electron chi connectivity index (χ0n) is 25.4. The molecule has 2 heterocycles. The van der Waals surface area contributed by atoms with E-state index >= 15 is 0 Å². The van der Waals surface area contributed by atoms with Crippen molar-refractivity contribution in [2.75, 3.05) is 6.54 Å². The molecule has 1 aromatic heterocycles. The van der Waals surface area contributed by atoms with Gasteiger partial charge in [0, 0.05) is 18.9 Å². The van der Waals surface area contributed by atoms with Gasteiger partial charge in [-0.2, -0.15) is 5.21 Å². The summed E-state index contributed by atoms with van der Waals surface area (Å²) in [5.74, 6) is -5.88. The van der Waals surface area contributed by atoms with Crippen LogP contribution < -0.4 is 16.0 Å². The van der Waals surface area contributed by atoms with Crippen LogP contribution in [0.1, 0.15) is 83.9 Å². The number of tetrazole rings is 1. The number of imide groups is 1. The van der Waals surface area contributed by atoms with Crippen LogP contribution in [0.2, 0.25) is 0 Å². The van der Waals surface area contributed by atoms with Crippen LogP contribution in [-0.2, 0) is 35.3 Å². The molecule has 0 unspecified atom stereocenters. The zero-order chi connectivity index (χ0) is 33.1. The zero-order valence-corrected chi connectivity index (χ0v) is 25.4. The maximum atomic E-state index is 14.0. The Morgan fingerprint density at radius 3 is 2.29 bits per heavy atom. The van der Waals surface area contributed by atoms with Crippen molar-refractivity contribution in [3.63, 3.8) is 0 Å². The monoisotopic (exact) mass is 635 g/mol. The van der Waals surface area contributed by atoms with Gasteiger partial charge in [0.05, 0.1) is 19.5 Å². The predicted molar refractivity (Wildman–Crippen MR) is 153 cm³/mol. The standard InChI is InChI=1S/C27H41N9O9/c1-3-15(2)23(30-20(37)10-12-22(40)41)25(43)29-17(9-11-21(38)39)26(44)36-18(24(42)28-13-19-31-33-34-32-19)14-35(27(36)45)16-7-5-4-6-8-16/h15-18,23H,3-14H2,1-2H3,(H,28,42)(H,29,43)(H,30,37)(H,38,39)(H,40,41)(H,31,32,33,34)/t15-,17-,18-,23-/m0/s1. The molecule has 1 aromatic rings. The smallest absolute Gasteiger partial charge is 0.327 e. The van der Waals surface area contributed by atoms with Gasteiger partial charge >= 0.3 is 18.0 Å². The second kappa shape index (κ2) is 16.4. The molecule has 0 bridgehead atoms. The summed E-state index contributed by atoms with van der Waals surface area (Å²) in [5, 5.41) is 39.1. The minimum atomic E-state index is -1.53. The number of urea groups is 1. The van der Waals surface area contributed by atoms with E-state index < -0.39 is 84.9 Å². The van der Waals surface area contributed by atoms with Crippen molar-refractivity contribution >= 4 is 41.6 Å². The van der Waals surface area contributed by atoms with E-state index in [1.54, 1.807) is 13.8 Å². The molecule has 6 N–H and O–H groups in total. The van der Waals surface area contributed by atoms with Crippen molar-refractivity contribution in [2.45, 2.75) is 109 Å². The quantitative estimate of drug-likeness (QED) is 0.135. The third-order valence-electron chi connectivity index (χ3n) is 8.14. The number of carboxylic acids is 2. The number of aromatic nitrogens is 4. The maximum Gasteiger partial charge on any atom is 0.327 e. The van der Waals surface area contributed by atoms with Crippen molar-refractivity contribution < 1.29 is 43.8 Å². The SMILES string of the molecule is CC[C@H](C)[C@H](NC(=O)CCC(=O)O)C(=O)N[C@@H](CCC(=O)O)C(=O)N1C(=O)N(C2CCCCC2)C[C@H]1C(=O)NCc1nn[nH]n1. The number of carbonyl (C=O) groups excluding carboxylic acids is 5. The Morgan fingerprint density at radius 1 is 1.00 bits per heavy atom. The Bertz CT molecular complexity index is 1240. The van der Waals surface area contributed by atoms with Crippen LogP contribution in [0.3, 0.4) is 0 Å². The van der Waals surface area contributed by atoms with Gasteiger partial charge < -0.3 is 31.1 Å². The van der Waals surface area contributed by atoms with Crippen molar-refractivity contribution in [1.29, 1.82) is 0 Å². The molecule has 1 aliphatic carbocycles. The van der Waals surface area contributed by atoms with E-state index in [1.165, 1.54) is 4.90 Å². The maximum absolute atomic E-state index is 14.0. The summed E-state index contributed by atoms with van der Waals surface area (Å²) in [6.07, 6.45) is 2.81. The molecule has 6 amide bonds. The number of aromatic amines is 1. The van der Waals surface area contributed by atoms with E-state index in [-0.39, 0.29) is 31.4 Å². The van der Waals surface area contributed by atoms with Crippen molar-refractivity contribution in [3.8, 4) is 0 Å². The van der Waals surface area contributed by atoms with E-state index in [1.807, 2.05) is 0 Å². The minimum Gasteiger partial charge on any atom is -0.481 e. The summed E-state index contributed by atoms with van der Waals surface area (Å²) >= 11 is 0. The van der Waals surface area contributed by atoms with Crippen LogP contribution in [0.5, 0.6) is 0 Å². The third-order valence-corrected chi connectivity index (χ3v) is 8.14. The number of nitrogens with one attached hydrogen (secondary N) is 4. The van der Waals surface area contributed by atoms with Gasteiger partial charge in [0.15, 0.2) is 5.82 Å². The molecule has 1 saturated carbocycles. The van der Waals surface area contributed by atoms with E-state index in [0.717, 1.165) is 24.2 Å². The lowest BCUT2D eigenvalue weighted by atomic mass is 9.94. The Labute approximate surface area is 259 Å². The fourth-order valence-electron chi connectivity index (χ4n) is 5.43. The molecule has 18 nitrogen and oxygen atoms in total. The summed E-state index contributed by atoms with van der Waals surface area (Å²) in [4.78, 5) is 91.7. The number of rotatable bonds is 16. The molecule has 0 aromatic carbocycles. The van der Waals surface area contributed by atoms with Gasteiger partial charge in [-0.15, -0.1) is 10.2 Å². The number of hydrogen-bond donors (Lipinski definition) is 6. The number of carboxylic acid groups (broad SMARTS) is 2. The van der Waals surface area contributed by atoms with Crippen LogP contribution in [0.15, 0.2) is 0 Å². The van der Waals surface area contributed by atoms with E-state index in [0.29, 0.717) is 19.3 Å². The highest BCUT2D eigenvalue weighted by molar-refractivity contribution is 6.05. The van der Waals surface area contributed by atoms with Crippen LogP contribution in [0.4, 0.5) is 4.79 Å². The normalized spacial score (nSPS) is 19.0. The first-order valence-corrected chi connectivity index (χ1v) is 15.1. The van der Waals surface area contributed by atoms with Crippen LogP contribution in [0.25, 0.3) is 0 Å². The fraction of sp³-hybridized carbons (Fsp3) is 0.704. The van der Waals surface area contributed by atoms with E-state index in [9.17, 15) is 38.7 Å². The second-order valence-electron chi connectivity index (χ2n) is 11.3. The molecule has 1 aliphatic heterocycles. The first-order valence-electron chi connectivity index (χ1n) is 15.1. The van der Waals surface area contributed by atoms with Crippen molar-refractivity contribution in [3.05, 3.63) is 5.82 Å². The van der Waals surface area contributed by atoms with Crippen LogP contribution in [0, 0.1) is 5.92 Å². The lowest BCUT2D eigenvalue weighted by Gasteiger charge is -2.31. The van der Waals surface area contributed by atoms with Gasteiger partial charge in [-0.1, -0.05) is 44.7 Å². The van der Waals surface area contributed by atoms with Gasteiger partial charge in [0.1, 0.15) is 18.1 Å². The Hall–Kier alpha value is -4.64. The first kappa shape index (κ1) is 34.8. The number of hydrogen-bond acceptors (Lipinski definition) is 10. The molecule has 1 saturated heterocycles. The second-order valence-corrected chi connectivity index (χ2v) is 11.3. The largest absolute Gasteiger partial charge is 0.481 e. The van der Waals surface area contributed by atoms with Crippen molar-refractivity contribution in [2.24, 2.45) is 5.92 Å². The van der Waals surface area contributed by atoms with Gasteiger partial charge in [0.25, 0.3) is 5.91 Å². The molecule has 3 rings (SSSR count). The van der Waals surface area contributed by atoms with Crippen molar-refractivity contribution in [1.82, 2.24) is 46.4 Å². The number of carbonyl (C=O) groups is 7. The highest BCUT2D eigenvalue weighted by Gasteiger charge is 2.49. The molecule has 248 valence electrons. The van der Waals surface area contributed by atoms with Gasteiger partial charge in [-0.25, -0.2) is 9.69 Å². The number of aliphatic carboxylic acids is 2. The molecule has 4 atom stereocenters. The highest BCUT2D eigenvalue weighted by Crippen LogP contribution is 2.29. The lowest BCUT2D eigenvalue weighted by molar-refractivity contribution is -0.141. The Morgan fingerprint density at radius 2 is 1.69 bits per heavy atom. The van der Waals surface area contributed by atoms with Crippen LogP contribution >= 0.6 is 0 Å². The minimum absolute atomic E-state index is 0.0952. The Balaban J connectivity index is 1.86. The van der Waals surface area contributed by atoms with E-state index in [4.69, 9.17) is 5.11 Å². The lowest BCUT2D eigenvalue weighted by Crippen LogP contribution is -2.58. The van der Waals surface area contributed by atoms with Gasteiger partial charge in [0.2, 0.25) is 17.7 Å². The molecule has 18 heteroatoms. The summed E-state index contributed by atoms with van der Waals surface area (Å²) in [6.45, 7) is 3.21. The van der Waals surface area contributed by atoms with Gasteiger partial charge in [-0.3, -0.25) is 28.8 Å². The molecule has 2 aliphatic rings. The van der Waals surface area contributed by atoms with E-state index in [2.05, 4.69) is 36.6 Å². The summed E-state index contributed by atoms with van der Waals surface area (Å²) in [7, 11) is 0. The summed E-state index contributed by atoms with van der Waals surface area (Å²) in [6, 6.07) is -4.91. The molecule has 0 spiro atoms. The number of amides is 6.